The van der Waals surface area contributed by atoms with Crippen LogP contribution in [0.3, 0.4) is 0 Å². The van der Waals surface area contributed by atoms with Gasteiger partial charge in [-0.05, 0) is 88.8 Å². The molecule has 11 aromatic rings. The fourth-order valence-electron chi connectivity index (χ4n) is 8.17. The van der Waals surface area contributed by atoms with Crippen LogP contribution in [0.1, 0.15) is 5.56 Å². The number of nitrogens with zero attached hydrogens (tertiary/aromatic N) is 3. The topological polar surface area (TPSA) is 38.7 Å². The van der Waals surface area contributed by atoms with Crippen LogP contribution < -0.4 is 0 Å². The van der Waals surface area contributed by atoms with Crippen molar-refractivity contribution < 1.29 is 0 Å². The van der Waals surface area contributed by atoms with E-state index in [1.165, 1.54) is 57.0 Å². The van der Waals surface area contributed by atoms with E-state index >= 15 is 0 Å². The van der Waals surface area contributed by atoms with Crippen molar-refractivity contribution in [1.29, 1.82) is 0 Å². The lowest BCUT2D eigenvalue weighted by molar-refractivity contribution is 1.18. The fraction of sp³-hybridized carbons (Fsp3) is 0.0192. The summed E-state index contributed by atoms with van der Waals surface area (Å²) in [7, 11) is 0. The second kappa shape index (κ2) is 13.7. The predicted molar refractivity (Wildman–Crippen MR) is 243 cm³/mol. The van der Waals surface area contributed by atoms with Crippen molar-refractivity contribution in [3.63, 3.8) is 0 Å². The molecule has 0 amide bonds. The molecule has 0 bridgehead atoms. The number of aromatic nitrogens is 3. The summed E-state index contributed by atoms with van der Waals surface area (Å²) < 4.78 is 5.15. The molecule has 0 aliphatic heterocycles. The third kappa shape index (κ3) is 5.91. The van der Waals surface area contributed by atoms with Crippen LogP contribution in [0.2, 0.25) is 0 Å². The van der Waals surface area contributed by atoms with E-state index in [9.17, 15) is 0 Å². The largest absolute Gasteiger partial charge is 0.264 e. The molecule has 0 saturated carbocycles. The van der Waals surface area contributed by atoms with Crippen molar-refractivity contribution in [3.05, 3.63) is 188 Å². The maximum atomic E-state index is 5.39. The molecule has 4 heterocycles. The first-order chi connectivity index (χ1) is 28.1. The number of benzene rings is 7. The molecule has 0 aliphatic carbocycles. The van der Waals surface area contributed by atoms with Gasteiger partial charge in [-0.2, -0.15) is 0 Å². The second-order valence-electron chi connectivity index (χ2n) is 14.5. The van der Waals surface area contributed by atoms with E-state index in [1.807, 2.05) is 47.2 Å². The summed E-state index contributed by atoms with van der Waals surface area (Å²) >= 11 is 3.72. The van der Waals surface area contributed by atoms with Crippen LogP contribution in [0.15, 0.2) is 182 Å². The van der Waals surface area contributed by atoms with Gasteiger partial charge < -0.3 is 0 Å². The summed E-state index contributed by atoms with van der Waals surface area (Å²) in [5.41, 5.74) is 13.0. The average Bonchev–Trinajstić information content (AvgIpc) is 3.85. The Kier molecular flexibility index (Phi) is 8.09. The molecule has 0 atom stereocenters. The van der Waals surface area contributed by atoms with Crippen LogP contribution in [0.25, 0.3) is 108 Å². The molecule has 7 aromatic carbocycles. The molecule has 0 unspecified atom stereocenters. The number of fused-ring (bicyclic) bond motifs is 6. The normalized spacial score (nSPS) is 11.6. The van der Waals surface area contributed by atoms with Gasteiger partial charge in [0.05, 0.1) is 11.4 Å². The van der Waals surface area contributed by atoms with E-state index in [0.29, 0.717) is 5.82 Å². The lowest BCUT2D eigenvalue weighted by Crippen LogP contribution is -1.97. The third-order valence-electron chi connectivity index (χ3n) is 10.9. The Hall–Kier alpha value is -6.79. The standard InChI is InChI=1S/C52H33N3S2/c1-32-26-34(23-24-39(32)35-14-11-25-53-31-35)47-30-46(33-12-3-2-4-13-33)54-52(55-47)38-28-36(40-17-9-19-44-42-15-5-7-21-48(42)56-50(40)44)27-37(29-38)41-18-10-20-45-43-16-6-8-22-49(43)57-51(41)45/h2-31H,1H3. The van der Waals surface area contributed by atoms with Crippen molar-refractivity contribution in [2.75, 3.05) is 0 Å². The zero-order chi connectivity index (χ0) is 37.9. The summed E-state index contributed by atoms with van der Waals surface area (Å²) in [6.45, 7) is 2.16. The van der Waals surface area contributed by atoms with Gasteiger partial charge in [-0.3, -0.25) is 4.98 Å². The van der Waals surface area contributed by atoms with E-state index in [1.54, 1.807) is 0 Å². The highest BCUT2D eigenvalue weighted by atomic mass is 32.1. The van der Waals surface area contributed by atoms with Crippen LogP contribution in [0.5, 0.6) is 0 Å². The summed E-state index contributed by atoms with van der Waals surface area (Å²) in [5, 5.41) is 5.14. The Morgan fingerprint density at radius 3 is 1.56 bits per heavy atom. The van der Waals surface area contributed by atoms with Crippen molar-refractivity contribution in [1.82, 2.24) is 15.0 Å². The Balaban J connectivity index is 1.16. The lowest BCUT2D eigenvalue weighted by Gasteiger charge is -2.14. The van der Waals surface area contributed by atoms with Crippen molar-refractivity contribution in [2.45, 2.75) is 6.92 Å². The summed E-state index contributed by atoms with van der Waals surface area (Å²) in [6, 6.07) is 61.0. The SMILES string of the molecule is Cc1cc(-c2cc(-c3ccccc3)nc(-c3cc(-c4cccc5c4sc4ccccc45)cc(-c4cccc5c4sc4ccccc45)c3)n2)ccc1-c1cccnc1. The van der Waals surface area contributed by atoms with E-state index < -0.39 is 0 Å². The van der Waals surface area contributed by atoms with E-state index in [0.717, 1.165) is 50.3 Å². The molecular weight excluding hydrogens is 731 g/mol. The van der Waals surface area contributed by atoms with Crippen molar-refractivity contribution in [2.24, 2.45) is 0 Å². The first-order valence-electron chi connectivity index (χ1n) is 19.1. The molecule has 0 N–H and O–H groups in total. The van der Waals surface area contributed by atoms with Gasteiger partial charge >= 0.3 is 0 Å². The number of rotatable bonds is 6. The zero-order valence-corrected chi connectivity index (χ0v) is 32.6. The van der Waals surface area contributed by atoms with Gasteiger partial charge in [0, 0.05) is 75.0 Å². The van der Waals surface area contributed by atoms with Crippen molar-refractivity contribution >= 4 is 63.0 Å². The molecule has 5 heteroatoms. The van der Waals surface area contributed by atoms with Gasteiger partial charge in [0.2, 0.25) is 0 Å². The molecule has 268 valence electrons. The minimum Gasteiger partial charge on any atom is -0.264 e. The van der Waals surface area contributed by atoms with Gasteiger partial charge in [0.15, 0.2) is 5.82 Å². The smallest absolute Gasteiger partial charge is 0.160 e. The molecular formula is C52H33N3S2. The number of hydrogen-bond donors (Lipinski definition) is 0. The summed E-state index contributed by atoms with van der Waals surface area (Å²) in [6.07, 6.45) is 3.73. The van der Waals surface area contributed by atoms with Gasteiger partial charge in [-0.15, -0.1) is 22.7 Å². The zero-order valence-electron chi connectivity index (χ0n) is 31.0. The molecule has 0 fully saturated rings. The maximum Gasteiger partial charge on any atom is 0.160 e. The molecule has 57 heavy (non-hydrogen) atoms. The first-order valence-corrected chi connectivity index (χ1v) is 20.7. The monoisotopic (exact) mass is 763 g/mol. The van der Waals surface area contributed by atoms with E-state index in [-0.39, 0.29) is 0 Å². The quantitative estimate of drug-likeness (QED) is 0.169. The minimum absolute atomic E-state index is 0.690. The van der Waals surface area contributed by atoms with Crippen LogP contribution in [0.4, 0.5) is 0 Å². The van der Waals surface area contributed by atoms with Gasteiger partial charge in [-0.1, -0.05) is 121 Å². The Labute approximate surface area is 338 Å². The summed E-state index contributed by atoms with van der Waals surface area (Å²) in [4.78, 5) is 15.1. The number of thiophene rings is 2. The molecule has 0 aliphatic rings. The highest BCUT2D eigenvalue weighted by molar-refractivity contribution is 7.26. The molecule has 4 aromatic heterocycles. The van der Waals surface area contributed by atoms with Crippen LogP contribution in [0, 0.1) is 6.92 Å². The minimum atomic E-state index is 0.690. The molecule has 0 radical (unpaired) electrons. The maximum absolute atomic E-state index is 5.39. The van der Waals surface area contributed by atoms with Crippen LogP contribution in [-0.2, 0) is 0 Å². The number of pyridine rings is 1. The average molecular weight is 764 g/mol. The highest BCUT2D eigenvalue weighted by Crippen LogP contribution is 2.45. The predicted octanol–water partition coefficient (Wildman–Crippen LogP) is 14.9. The Bertz CT molecular complexity index is 3180. The number of aryl methyl sites for hydroxylation is 1. The second-order valence-corrected chi connectivity index (χ2v) is 16.6. The molecule has 0 saturated heterocycles. The highest BCUT2D eigenvalue weighted by Gasteiger charge is 2.18. The fourth-order valence-corrected chi connectivity index (χ4v) is 10.6. The van der Waals surface area contributed by atoms with E-state index in [2.05, 4.69) is 170 Å². The van der Waals surface area contributed by atoms with Gasteiger partial charge in [-0.25, -0.2) is 9.97 Å². The summed E-state index contributed by atoms with van der Waals surface area (Å²) in [5.74, 6) is 0.690. The molecule has 11 rings (SSSR count). The van der Waals surface area contributed by atoms with Gasteiger partial charge in [0.25, 0.3) is 0 Å². The third-order valence-corrected chi connectivity index (χ3v) is 13.4. The number of hydrogen-bond acceptors (Lipinski definition) is 5. The van der Waals surface area contributed by atoms with Crippen LogP contribution in [-0.4, -0.2) is 15.0 Å². The molecule has 3 nitrogen and oxygen atoms in total. The van der Waals surface area contributed by atoms with Crippen molar-refractivity contribution in [3.8, 4) is 67.3 Å². The van der Waals surface area contributed by atoms with Gasteiger partial charge in [0.1, 0.15) is 0 Å². The Morgan fingerprint density at radius 1 is 0.386 bits per heavy atom. The van der Waals surface area contributed by atoms with Crippen LogP contribution >= 0.6 is 22.7 Å². The first kappa shape index (κ1) is 33.5. The molecule has 0 spiro atoms. The Morgan fingerprint density at radius 2 is 0.947 bits per heavy atom. The van der Waals surface area contributed by atoms with E-state index in [4.69, 9.17) is 9.97 Å². The lowest BCUT2D eigenvalue weighted by atomic mass is 9.94.